The van der Waals surface area contributed by atoms with Crippen LogP contribution in [-0.2, 0) is 13.0 Å². The van der Waals surface area contributed by atoms with Gasteiger partial charge >= 0.3 is 6.03 Å². The Bertz CT molecular complexity index is 1640. The van der Waals surface area contributed by atoms with E-state index in [2.05, 4.69) is 41.2 Å². The molecule has 6 rings (SSSR count). The van der Waals surface area contributed by atoms with Gasteiger partial charge < -0.3 is 24.3 Å². The van der Waals surface area contributed by atoms with Gasteiger partial charge in [0.05, 0.1) is 43.4 Å². The maximum atomic E-state index is 14.2. The summed E-state index contributed by atoms with van der Waals surface area (Å²) in [6, 6.07) is 29.1. The molecule has 0 saturated heterocycles. The van der Waals surface area contributed by atoms with Gasteiger partial charge in [0.2, 0.25) is 0 Å². The van der Waals surface area contributed by atoms with Crippen molar-refractivity contribution in [3.05, 3.63) is 120 Å². The Labute approximate surface area is 239 Å². The van der Waals surface area contributed by atoms with Crippen molar-refractivity contribution in [2.24, 2.45) is 0 Å². The predicted molar refractivity (Wildman–Crippen MR) is 159 cm³/mol. The smallest absolute Gasteiger partial charge is 0.322 e. The van der Waals surface area contributed by atoms with Gasteiger partial charge in [-0.1, -0.05) is 37.3 Å². The van der Waals surface area contributed by atoms with E-state index in [-0.39, 0.29) is 12.1 Å². The fourth-order valence-electron chi connectivity index (χ4n) is 5.48. The van der Waals surface area contributed by atoms with Gasteiger partial charge in [-0.3, -0.25) is 0 Å². The molecule has 8 heteroatoms. The Morgan fingerprint density at radius 3 is 2.34 bits per heavy atom. The zero-order valence-corrected chi connectivity index (χ0v) is 23.4. The second kappa shape index (κ2) is 11.3. The highest BCUT2D eigenvalue weighted by atomic mass is 16.5. The van der Waals surface area contributed by atoms with Gasteiger partial charge in [0.25, 0.3) is 0 Å². The van der Waals surface area contributed by atoms with Crippen molar-refractivity contribution in [3.63, 3.8) is 0 Å². The molecule has 1 aliphatic rings. The second-order valence-electron chi connectivity index (χ2n) is 9.84. The number of nitrogens with zero attached hydrogens (tertiary/aromatic N) is 4. The summed E-state index contributed by atoms with van der Waals surface area (Å²) >= 11 is 0. The molecule has 0 fully saturated rings. The van der Waals surface area contributed by atoms with E-state index in [0.29, 0.717) is 18.8 Å². The minimum absolute atomic E-state index is 0.204. The molecule has 0 spiro atoms. The molecule has 0 aliphatic carbocycles. The molecule has 8 nitrogen and oxygen atoms in total. The van der Waals surface area contributed by atoms with E-state index in [4.69, 9.17) is 14.6 Å². The van der Waals surface area contributed by atoms with Crippen LogP contribution < -0.4 is 14.8 Å². The molecule has 0 saturated carbocycles. The minimum Gasteiger partial charge on any atom is -0.497 e. The largest absolute Gasteiger partial charge is 0.497 e. The van der Waals surface area contributed by atoms with Crippen LogP contribution in [0.2, 0.25) is 0 Å². The molecule has 41 heavy (non-hydrogen) atoms. The summed E-state index contributed by atoms with van der Waals surface area (Å²) in [6.45, 7) is 5.02. The SMILES string of the molecule is CCOc1ccc(NC(=O)N2Cc3c(CC)nn(-c4ccccc4)c3-n3cccc3[C@H]2c2ccc(OC)cc2)cc1. The lowest BCUT2D eigenvalue weighted by atomic mass is 10.0. The third kappa shape index (κ3) is 4.93. The lowest BCUT2D eigenvalue weighted by Crippen LogP contribution is -2.38. The minimum atomic E-state index is -0.361. The first-order valence-electron chi connectivity index (χ1n) is 13.9. The highest BCUT2D eigenvalue weighted by Crippen LogP contribution is 2.39. The molecule has 0 bridgehead atoms. The van der Waals surface area contributed by atoms with Crippen LogP contribution in [0.4, 0.5) is 10.5 Å². The average molecular weight is 548 g/mol. The van der Waals surface area contributed by atoms with E-state index in [1.54, 1.807) is 7.11 Å². The van der Waals surface area contributed by atoms with Crippen molar-refractivity contribution >= 4 is 11.7 Å². The van der Waals surface area contributed by atoms with Gasteiger partial charge in [-0.2, -0.15) is 5.10 Å². The van der Waals surface area contributed by atoms with Crippen LogP contribution in [0, 0.1) is 0 Å². The third-order valence-electron chi connectivity index (χ3n) is 7.41. The third-order valence-corrected chi connectivity index (χ3v) is 7.41. The number of anilines is 1. The molecular weight excluding hydrogens is 514 g/mol. The van der Waals surface area contributed by atoms with Gasteiger partial charge in [-0.15, -0.1) is 0 Å². The standard InChI is InChI=1S/C33H33N5O3/c1-4-29-28-22-37(33(39)34-24-15-19-27(20-16-24)41-5-2)31(23-13-17-26(40-3)18-14-23)30-12-9-21-36(30)32(28)38(35-29)25-10-7-6-8-11-25/h6-21,31H,4-5,22H2,1-3H3,(H,34,39)/t31-/m1/s1. The number of fused-ring (bicyclic) bond motifs is 3. The van der Waals surface area contributed by atoms with E-state index < -0.39 is 0 Å². The van der Waals surface area contributed by atoms with Gasteiger partial charge in [0.1, 0.15) is 17.3 Å². The van der Waals surface area contributed by atoms with Crippen molar-refractivity contribution in [1.82, 2.24) is 19.2 Å². The van der Waals surface area contributed by atoms with Gasteiger partial charge in [-0.25, -0.2) is 9.48 Å². The first-order chi connectivity index (χ1) is 20.1. The number of carbonyl (C=O) groups is 1. The molecule has 1 N–H and O–H groups in total. The molecule has 2 aromatic heterocycles. The zero-order chi connectivity index (χ0) is 28.3. The van der Waals surface area contributed by atoms with Crippen molar-refractivity contribution in [3.8, 4) is 23.0 Å². The summed E-state index contributed by atoms with van der Waals surface area (Å²) < 4.78 is 15.2. The Morgan fingerprint density at radius 2 is 1.66 bits per heavy atom. The summed E-state index contributed by atoms with van der Waals surface area (Å²) in [7, 11) is 1.65. The number of ether oxygens (including phenoxy) is 2. The van der Waals surface area contributed by atoms with Crippen molar-refractivity contribution in [2.45, 2.75) is 32.9 Å². The van der Waals surface area contributed by atoms with E-state index in [0.717, 1.165) is 51.9 Å². The molecule has 1 atom stereocenters. The molecule has 2 amide bonds. The van der Waals surface area contributed by atoms with Crippen LogP contribution in [0.25, 0.3) is 11.5 Å². The fourth-order valence-corrected chi connectivity index (χ4v) is 5.48. The van der Waals surface area contributed by atoms with E-state index in [1.807, 2.05) is 89.3 Å². The number of methoxy groups -OCH3 is 1. The summed E-state index contributed by atoms with van der Waals surface area (Å²) in [4.78, 5) is 16.1. The predicted octanol–water partition coefficient (Wildman–Crippen LogP) is 6.77. The normalized spacial score (nSPS) is 14.1. The van der Waals surface area contributed by atoms with E-state index in [1.165, 1.54) is 0 Å². The van der Waals surface area contributed by atoms with E-state index in [9.17, 15) is 4.79 Å². The first-order valence-corrected chi connectivity index (χ1v) is 13.9. The maximum absolute atomic E-state index is 14.2. The number of hydrogen-bond donors (Lipinski definition) is 1. The Morgan fingerprint density at radius 1 is 0.927 bits per heavy atom. The molecule has 5 aromatic rings. The van der Waals surface area contributed by atoms with Crippen LogP contribution in [0.1, 0.15) is 42.4 Å². The zero-order valence-electron chi connectivity index (χ0n) is 23.4. The number of benzene rings is 3. The molecule has 0 unspecified atom stereocenters. The van der Waals surface area contributed by atoms with Crippen molar-refractivity contribution in [2.75, 3.05) is 19.0 Å². The average Bonchev–Trinajstić information content (AvgIpc) is 3.60. The fraction of sp³-hybridized carbons (Fsp3) is 0.212. The number of rotatable bonds is 7. The number of aromatic nitrogens is 3. The number of aryl methyl sites for hydroxylation is 1. The molecule has 0 radical (unpaired) electrons. The topological polar surface area (TPSA) is 73.5 Å². The van der Waals surface area contributed by atoms with Gasteiger partial charge in [0.15, 0.2) is 0 Å². The van der Waals surface area contributed by atoms with Crippen LogP contribution in [0.5, 0.6) is 11.5 Å². The van der Waals surface area contributed by atoms with Crippen LogP contribution in [0.15, 0.2) is 97.2 Å². The monoisotopic (exact) mass is 547 g/mol. The summed E-state index contributed by atoms with van der Waals surface area (Å²) in [5.41, 5.74) is 5.59. The maximum Gasteiger partial charge on any atom is 0.322 e. The van der Waals surface area contributed by atoms with Gasteiger partial charge in [0, 0.05) is 17.4 Å². The molecule has 1 aliphatic heterocycles. The van der Waals surface area contributed by atoms with Crippen molar-refractivity contribution < 1.29 is 14.3 Å². The quantitative estimate of drug-likeness (QED) is 0.244. The number of carbonyl (C=O) groups excluding carboxylic acids is 1. The number of urea groups is 1. The Kier molecular flexibility index (Phi) is 7.20. The second-order valence-corrected chi connectivity index (χ2v) is 9.84. The summed E-state index contributed by atoms with van der Waals surface area (Å²) in [5, 5.41) is 8.16. The highest BCUT2D eigenvalue weighted by Gasteiger charge is 2.36. The molecule has 3 heterocycles. The molecule has 208 valence electrons. The van der Waals surface area contributed by atoms with Crippen LogP contribution in [0.3, 0.4) is 0 Å². The number of nitrogens with one attached hydrogen (secondary N) is 1. The van der Waals surface area contributed by atoms with Crippen LogP contribution in [-0.4, -0.2) is 39.0 Å². The number of para-hydroxylation sites is 1. The number of hydrogen-bond acceptors (Lipinski definition) is 4. The Balaban J connectivity index is 1.49. The molecule has 3 aromatic carbocycles. The molecular formula is C33H33N5O3. The summed E-state index contributed by atoms with van der Waals surface area (Å²) in [6.07, 6.45) is 2.79. The Hall–Kier alpha value is -4.98. The van der Waals surface area contributed by atoms with Crippen LogP contribution >= 0.6 is 0 Å². The van der Waals surface area contributed by atoms with E-state index >= 15 is 0 Å². The first kappa shape index (κ1) is 26.3. The lowest BCUT2D eigenvalue weighted by molar-refractivity contribution is 0.194. The van der Waals surface area contributed by atoms with Crippen molar-refractivity contribution in [1.29, 1.82) is 0 Å². The highest BCUT2D eigenvalue weighted by molar-refractivity contribution is 5.90. The van der Waals surface area contributed by atoms with Gasteiger partial charge in [-0.05, 0) is 79.6 Å². The number of amides is 2. The lowest BCUT2D eigenvalue weighted by Gasteiger charge is -2.31. The summed E-state index contributed by atoms with van der Waals surface area (Å²) in [5.74, 6) is 2.47.